The molecule has 2 nitrogen and oxygen atoms in total. The molecular formula is C9H9F3N2. The zero-order chi connectivity index (χ0) is 10.4. The Bertz CT molecular complexity index is 355. The van der Waals surface area contributed by atoms with Crippen LogP contribution in [0.2, 0.25) is 0 Å². The van der Waals surface area contributed by atoms with Gasteiger partial charge in [-0.15, -0.1) is 0 Å². The van der Waals surface area contributed by atoms with E-state index in [2.05, 4.69) is 4.98 Å². The van der Waals surface area contributed by atoms with Gasteiger partial charge >= 0.3 is 6.18 Å². The highest BCUT2D eigenvalue weighted by Gasteiger charge is 2.64. The molecule has 1 heterocycles. The number of alkyl halides is 3. The third-order valence-electron chi connectivity index (χ3n) is 2.63. The van der Waals surface area contributed by atoms with Crippen molar-refractivity contribution < 1.29 is 13.2 Å². The monoisotopic (exact) mass is 202 g/mol. The molecule has 0 radical (unpaired) electrons. The van der Waals surface area contributed by atoms with Gasteiger partial charge in [0.15, 0.2) is 0 Å². The summed E-state index contributed by atoms with van der Waals surface area (Å²) >= 11 is 0. The van der Waals surface area contributed by atoms with Crippen LogP contribution in [0.25, 0.3) is 0 Å². The average Bonchev–Trinajstić information content (AvgIpc) is 2.82. The molecule has 1 saturated carbocycles. The highest BCUT2D eigenvalue weighted by atomic mass is 19.4. The quantitative estimate of drug-likeness (QED) is 0.758. The fraction of sp³-hybridized carbons (Fsp3) is 0.444. The molecule has 0 atom stereocenters. The van der Waals surface area contributed by atoms with Gasteiger partial charge in [0.05, 0.1) is 5.41 Å². The Balaban J connectivity index is 2.41. The van der Waals surface area contributed by atoms with E-state index in [0.29, 0.717) is 0 Å². The first-order valence-electron chi connectivity index (χ1n) is 4.24. The lowest BCUT2D eigenvalue weighted by Gasteiger charge is -2.19. The van der Waals surface area contributed by atoms with Crippen LogP contribution in [0.15, 0.2) is 18.3 Å². The molecule has 0 aromatic carbocycles. The van der Waals surface area contributed by atoms with Gasteiger partial charge in [-0.05, 0) is 30.5 Å². The Morgan fingerprint density at radius 2 is 2.00 bits per heavy atom. The standard InChI is InChI=1S/C9H9F3N2/c10-9(11,12)8(2-3-8)6-1-4-14-7(13)5-6/h1,4-5H,2-3H2,(H2,13,14). The number of rotatable bonds is 1. The minimum absolute atomic E-state index is 0.137. The van der Waals surface area contributed by atoms with Crippen molar-refractivity contribution >= 4 is 5.82 Å². The molecule has 0 unspecified atom stereocenters. The molecule has 5 heteroatoms. The van der Waals surface area contributed by atoms with Gasteiger partial charge in [-0.2, -0.15) is 13.2 Å². The van der Waals surface area contributed by atoms with Crippen molar-refractivity contribution in [2.45, 2.75) is 24.4 Å². The first kappa shape index (κ1) is 9.30. The molecule has 0 spiro atoms. The van der Waals surface area contributed by atoms with Crippen LogP contribution in [0.1, 0.15) is 18.4 Å². The van der Waals surface area contributed by atoms with E-state index in [1.54, 1.807) is 0 Å². The van der Waals surface area contributed by atoms with Crippen molar-refractivity contribution in [3.63, 3.8) is 0 Å². The molecule has 1 aliphatic rings. The number of hydrogen-bond donors (Lipinski definition) is 1. The number of aromatic nitrogens is 1. The molecule has 2 N–H and O–H groups in total. The highest BCUT2D eigenvalue weighted by molar-refractivity contribution is 5.40. The number of halogens is 3. The largest absolute Gasteiger partial charge is 0.398 e. The second kappa shape index (κ2) is 2.62. The van der Waals surface area contributed by atoms with Gasteiger partial charge in [0.1, 0.15) is 5.82 Å². The highest BCUT2D eigenvalue weighted by Crippen LogP contribution is 2.58. The Morgan fingerprint density at radius 1 is 1.36 bits per heavy atom. The minimum Gasteiger partial charge on any atom is -0.384 e. The van der Waals surface area contributed by atoms with Crippen molar-refractivity contribution in [3.8, 4) is 0 Å². The Labute approximate surface area is 78.9 Å². The Hall–Kier alpha value is -1.26. The number of hydrogen-bond acceptors (Lipinski definition) is 2. The summed E-state index contributed by atoms with van der Waals surface area (Å²) in [6.07, 6.45) is -2.56. The third-order valence-corrected chi connectivity index (χ3v) is 2.63. The summed E-state index contributed by atoms with van der Waals surface area (Å²) in [5, 5.41) is 0. The SMILES string of the molecule is Nc1cc(C2(C(F)(F)F)CC2)ccn1. The zero-order valence-electron chi connectivity index (χ0n) is 7.30. The molecule has 2 rings (SSSR count). The lowest BCUT2D eigenvalue weighted by Crippen LogP contribution is -2.28. The van der Waals surface area contributed by atoms with Crippen LogP contribution in [-0.4, -0.2) is 11.2 Å². The van der Waals surface area contributed by atoms with Crippen molar-refractivity contribution in [1.82, 2.24) is 4.98 Å². The summed E-state index contributed by atoms with van der Waals surface area (Å²) in [6, 6.07) is 2.69. The maximum absolute atomic E-state index is 12.7. The number of pyridine rings is 1. The van der Waals surface area contributed by atoms with Gasteiger partial charge in [0, 0.05) is 6.20 Å². The van der Waals surface area contributed by atoms with Crippen molar-refractivity contribution in [1.29, 1.82) is 0 Å². The summed E-state index contributed by atoms with van der Waals surface area (Å²) in [5.41, 5.74) is 3.93. The van der Waals surface area contributed by atoms with E-state index in [1.165, 1.54) is 18.3 Å². The second-order valence-corrected chi connectivity index (χ2v) is 3.55. The Kier molecular flexibility index (Phi) is 1.74. The van der Waals surface area contributed by atoms with E-state index in [4.69, 9.17) is 5.73 Å². The van der Waals surface area contributed by atoms with E-state index in [9.17, 15) is 13.2 Å². The normalized spacial score (nSPS) is 19.4. The van der Waals surface area contributed by atoms with Crippen molar-refractivity contribution in [2.75, 3.05) is 5.73 Å². The molecule has 1 aliphatic carbocycles. The molecule has 0 saturated heterocycles. The predicted molar refractivity (Wildman–Crippen MR) is 45.6 cm³/mol. The summed E-state index contributed by atoms with van der Waals surface area (Å²) in [5.74, 6) is 0.137. The molecule has 1 fully saturated rings. The number of nitrogens with two attached hydrogens (primary N) is 1. The summed E-state index contributed by atoms with van der Waals surface area (Å²) in [7, 11) is 0. The fourth-order valence-electron chi connectivity index (χ4n) is 1.61. The van der Waals surface area contributed by atoms with E-state index in [1.807, 2.05) is 0 Å². The van der Waals surface area contributed by atoms with Gasteiger partial charge in [0.2, 0.25) is 0 Å². The maximum atomic E-state index is 12.7. The topological polar surface area (TPSA) is 38.9 Å². The Morgan fingerprint density at radius 3 is 2.43 bits per heavy atom. The molecule has 1 aromatic rings. The summed E-state index contributed by atoms with van der Waals surface area (Å²) in [6.45, 7) is 0. The van der Waals surface area contributed by atoms with E-state index in [0.717, 1.165) is 0 Å². The lowest BCUT2D eigenvalue weighted by atomic mass is 9.96. The molecule has 0 aliphatic heterocycles. The van der Waals surface area contributed by atoms with Gasteiger partial charge < -0.3 is 5.73 Å². The lowest BCUT2D eigenvalue weighted by molar-refractivity contribution is -0.160. The van der Waals surface area contributed by atoms with Crippen LogP contribution in [0.5, 0.6) is 0 Å². The van der Waals surface area contributed by atoms with Gasteiger partial charge in [-0.1, -0.05) is 0 Å². The number of anilines is 1. The van der Waals surface area contributed by atoms with Crippen LogP contribution >= 0.6 is 0 Å². The smallest absolute Gasteiger partial charge is 0.384 e. The molecular weight excluding hydrogens is 193 g/mol. The van der Waals surface area contributed by atoms with Crippen LogP contribution in [0.3, 0.4) is 0 Å². The van der Waals surface area contributed by atoms with Crippen LogP contribution in [0.4, 0.5) is 19.0 Å². The van der Waals surface area contributed by atoms with Crippen LogP contribution in [0, 0.1) is 0 Å². The van der Waals surface area contributed by atoms with Gasteiger partial charge in [-0.25, -0.2) is 4.98 Å². The van der Waals surface area contributed by atoms with Crippen LogP contribution in [-0.2, 0) is 5.41 Å². The van der Waals surface area contributed by atoms with E-state index in [-0.39, 0.29) is 24.2 Å². The number of nitrogen functional groups attached to an aromatic ring is 1. The van der Waals surface area contributed by atoms with E-state index >= 15 is 0 Å². The zero-order valence-corrected chi connectivity index (χ0v) is 7.30. The summed E-state index contributed by atoms with van der Waals surface area (Å²) in [4.78, 5) is 3.67. The first-order valence-corrected chi connectivity index (χ1v) is 4.24. The maximum Gasteiger partial charge on any atom is 0.398 e. The molecule has 1 aromatic heterocycles. The fourth-order valence-corrected chi connectivity index (χ4v) is 1.61. The average molecular weight is 202 g/mol. The van der Waals surface area contributed by atoms with Gasteiger partial charge in [-0.3, -0.25) is 0 Å². The van der Waals surface area contributed by atoms with Gasteiger partial charge in [0.25, 0.3) is 0 Å². The molecule has 0 amide bonds. The number of nitrogens with zero attached hydrogens (tertiary/aromatic N) is 1. The molecule has 0 bridgehead atoms. The summed E-state index contributed by atoms with van der Waals surface area (Å²) < 4.78 is 38.0. The second-order valence-electron chi connectivity index (χ2n) is 3.55. The van der Waals surface area contributed by atoms with Crippen molar-refractivity contribution in [3.05, 3.63) is 23.9 Å². The van der Waals surface area contributed by atoms with Crippen LogP contribution < -0.4 is 5.73 Å². The first-order chi connectivity index (χ1) is 6.46. The van der Waals surface area contributed by atoms with E-state index < -0.39 is 11.6 Å². The third kappa shape index (κ3) is 1.23. The molecule has 76 valence electrons. The molecule has 14 heavy (non-hydrogen) atoms. The van der Waals surface area contributed by atoms with Crippen molar-refractivity contribution in [2.24, 2.45) is 0 Å². The minimum atomic E-state index is -4.18. The predicted octanol–water partition coefficient (Wildman–Crippen LogP) is 2.26.